The molecule has 4 aromatic carbocycles. The number of carbonyl (C=O) groups is 3. The standard InChI is InChI=1S/C33H35N2O6P/c1-21(2)32(37)35-17-15-25(16-18-35)34(3)33(38)29-20-24-11-5-4-10-23(24)19-28(29)30(36)31(42(39,40)41)27-14-8-12-22-9-6-7-13-26(22)27/h4-14,19-21,25,31H,15-18H2,1-3H3,(H2,39,40,41). The van der Waals surface area contributed by atoms with E-state index < -0.39 is 24.9 Å². The van der Waals surface area contributed by atoms with Crippen LogP contribution in [0.1, 0.15) is 58.6 Å². The number of fused-ring (bicyclic) bond motifs is 2. The van der Waals surface area contributed by atoms with Gasteiger partial charge >= 0.3 is 7.60 Å². The van der Waals surface area contributed by atoms with Crippen LogP contribution < -0.4 is 0 Å². The highest BCUT2D eigenvalue weighted by atomic mass is 31.2. The SMILES string of the molecule is CC(C)C(=O)N1CCC(N(C)C(=O)c2cc3ccccc3cc2C(=O)C(c2cccc3ccccc23)P(=O)(O)O)CC1. The van der Waals surface area contributed by atoms with Crippen LogP contribution in [0.3, 0.4) is 0 Å². The van der Waals surface area contributed by atoms with Gasteiger partial charge in [0, 0.05) is 37.7 Å². The number of benzene rings is 4. The molecule has 1 unspecified atom stereocenters. The highest BCUT2D eigenvalue weighted by molar-refractivity contribution is 7.53. The van der Waals surface area contributed by atoms with Crippen molar-refractivity contribution in [1.29, 1.82) is 0 Å². The number of ketones is 1. The first-order chi connectivity index (χ1) is 20.0. The van der Waals surface area contributed by atoms with E-state index in [0.717, 1.165) is 10.8 Å². The van der Waals surface area contributed by atoms with Crippen LogP contribution in [0.5, 0.6) is 0 Å². The highest BCUT2D eigenvalue weighted by Gasteiger charge is 2.40. The lowest BCUT2D eigenvalue weighted by atomic mass is 9.91. The second-order valence-corrected chi connectivity index (χ2v) is 13.0. The van der Waals surface area contributed by atoms with Gasteiger partial charge in [-0.1, -0.05) is 80.6 Å². The molecular formula is C33H35N2O6P. The quantitative estimate of drug-likeness (QED) is 0.209. The maximum atomic E-state index is 14.3. The Morgan fingerprint density at radius 1 is 0.833 bits per heavy atom. The summed E-state index contributed by atoms with van der Waals surface area (Å²) in [7, 11) is -3.34. The molecule has 0 spiro atoms. The molecule has 1 saturated heterocycles. The molecule has 1 heterocycles. The van der Waals surface area contributed by atoms with E-state index in [2.05, 4.69) is 0 Å². The van der Waals surface area contributed by atoms with E-state index in [0.29, 0.717) is 36.7 Å². The summed E-state index contributed by atoms with van der Waals surface area (Å²) < 4.78 is 13.0. The average Bonchev–Trinajstić information content (AvgIpc) is 2.98. The number of nitrogens with zero attached hydrogens (tertiary/aromatic N) is 2. The third kappa shape index (κ3) is 5.75. The zero-order valence-electron chi connectivity index (χ0n) is 23.9. The number of piperidine rings is 1. The lowest BCUT2D eigenvalue weighted by molar-refractivity contribution is -0.135. The topological polar surface area (TPSA) is 115 Å². The molecule has 8 nitrogen and oxygen atoms in total. The van der Waals surface area contributed by atoms with Crippen LogP contribution in [0, 0.1) is 5.92 Å². The summed E-state index contributed by atoms with van der Waals surface area (Å²) in [5.74, 6) is -1.22. The smallest absolute Gasteiger partial charge is 0.340 e. The van der Waals surface area contributed by atoms with E-state index in [1.807, 2.05) is 55.1 Å². The van der Waals surface area contributed by atoms with Gasteiger partial charge < -0.3 is 19.6 Å². The van der Waals surface area contributed by atoms with Crippen molar-refractivity contribution in [2.75, 3.05) is 20.1 Å². The van der Waals surface area contributed by atoms with Crippen LogP contribution in [0.15, 0.2) is 78.9 Å². The second kappa shape index (κ2) is 11.8. The number of hydrogen-bond acceptors (Lipinski definition) is 4. The monoisotopic (exact) mass is 586 g/mol. The summed E-state index contributed by atoms with van der Waals surface area (Å²) in [4.78, 5) is 65.3. The molecule has 4 aromatic rings. The first-order valence-corrected chi connectivity index (χ1v) is 15.8. The fourth-order valence-electron chi connectivity index (χ4n) is 5.93. The van der Waals surface area contributed by atoms with Gasteiger partial charge in [0.15, 0.2) is 5.78 Å². The Morgan fingerprint density at radius 3 is 1.98 bits per heavy atom. The van der Waals surface area contributed by atoms with E-state index in [-0.39, 0.29) is 34.6 Å². The molecule has 0 radical (unpaired) electrons. The van der Waals surface area contributed by atoms with Gasteiger partial charge in [0.1, 0.15) is 5.66 Å². The Kier molecular flexibility index (Phi) is 8.33. The third-order valence-electron chi connectivity index (χ3n) is 8.22. The Balaban J connectivity index is 1.56. The number of carbonyl (C=O) groups excluding carboxylic acids is 3. The molecule has 1 aliphatic rings. The van der Waals surface area contributed by atoms with E-state index >= 15 is 0 Å². The molecule has 2 amide bonds. The number of hydrogen-bond donors (Lipinski definition) is 2. The summed E-state index contributed by atoms with van der Waals surface area (Å²) in [6.07, 6.45) is 1.19. The van der Waals surface area contributed by atoms with Crippen LogP contribution >= 0.6 is 7.60 Å². The minimum absolute atomic E-state index is 0.0285. The summed E-state index contributed by atoms with van der Waals surface area (Å²) >= 11 is 0. The van der Waals surface area contributed by atoms with Crippen molar-refractivity contribution >= 4 is 46.7 Å². The van der Waals surface area contributed by atoms with Crippen molar-refractivity contribution in [2.24, 2.45) is 5.92 Å². The van der Waals surface area contributed by atoms with Crippen LogP contribution in [0.4, 0.5) is 0 Å². The molecule has 218 valence electrons. The van der Waals surface area contributed by atoms with E-state index in [9.17, 15) is 28.7 Å². The minimum Gasteiger partial charge on any atom is -0.342 e. The Morgan fingerprint density at radius 2 is 1.38 bits per heavy atom. The lowest BCUT2D eigenvalue weighted by Crippen LogP contribution is -2.48. The second-order valence-electron chi connectivity index (χ2n) is 11.3. The predicted molar refractivity (Wildman–Crippen MR) is 164 cm³/mol. The molecule has 2 N–H and O–H groups in total. The van der Waals surface area contributed by atoms with Crippen molar-refractivity contribution in [3.63, 3.8) is 0 Å². The summed E-state index contributed by atoms with van der Waals surface area (Å²) in [5.41, 5.74) is -1.50. The molecule has 9 heteroatoms. The highest BCUT2D eigenvalue weighted by Crippen LogP contribution is 2.55. The molecule has 0 saturated carbocycles. The number of amides is 2. The van der Waals surface area contributed by atoms with Crippen molar-refractivity contribution in [3.05, 3.63) is 95.6 Å². The molecule has 0 aromatic heterocycles. The van der Waals surface area contributed by atoms with Gasteiger partial charge in [0.2, 0.25) is 5.91 Å². The third-order valence-corrected chi connectivity index (χ3v) is 9.41. The predicted octanol–water partition coefficient (Wildman–Crippen LogP) is 5.81. The van der Waals surface area contributed by atoms with Gasteiger partial charge in [-0.2, -0.15) is 0 Å². The molecule has 0 aliphatic carbocycles. The zero-order valence-corrected chi connectivity index (χ0v) is 24.8. The molecule has 0 bridgehead atoms. The van der Waals surface area contributed by atoms with Crippen LogP contribution in [0.25, 0.3) is 21.5 Å². The Bertz CT molecular complexity index is 1720. The molecule has 1 aliphatic heterocycles. The first-order valence-electron chi connectivity index (χ1n) is 14.1. The first kappa shape index (κ1) is 29.6. The number of Topliss-reactive ketones (excluding diaryl/α,β-unsaturated/α-hetero) is 1. The van der Waals surface area contributed by atoms with Gasteiger partial charge in [-0.3, -0.25) is 18.9 Å². The zero-order chi connectivity index (χ0) is 30.2. The summed E-state index contributed by atoms with van der Waals surface area (Å²) in [6.45, 7) is 4.80. The van der Waals surface area contributed by atoms with E-state index in [1.165, 1.54) is 0 Å². The largest absolute Gasteiger partial charge is 0.342 e. The van der Waals surface area contributed by atoms with Crippen molar-refractivity contribution in [1.82, 2.24) is 9.80 Å². The van der Waals surface area contributed by atoms with Crippen LogP contribution in [-0.2, 0) is 9.36 Å². The van der Waals surface area contributed by atoms with Crippen LogP contribution in [-0.4, -0.2) is 63.4 Å². The summed E-state index contributed by atoms with van der Waals surface area (Å²) in [5, 5.41) is 2.73. The molecule has 42 heavy (non-hydrogen) atoms. The van der Waals surface area contributed by atoms with Gasteiger partial charge in [0.25, 0.3) is 5.91 Å². The Hall–Kier alpha value is -3.84. The van der Waals surface area contributed by atoms with Crippen molar-refractivity contribution < 1.29 is 28.7 Å². The normalized spacial score (nSPS) is 15.2. The Labute approximate surface area is 245 Å². The van der Waals surface area contributed by atoms with Gasteiger partial charge in [-0.15, -0.1) is 0 Å². The number of rotatable bonds is 7. The van der Waals surface area contributed by atoms with Gasteiger partial charge in [-0.25, -0.2) is 0 Å². The maximum Gasteiger partial charge on any atom is 0.340 e. The molecule has 5 rings (SSSR count). The van der Waals surface area contributed by atoms with E-state index in [1.54, 1.807) is 54.4 Å². The van der Waals surface area contributed by atoms with E-state index in [4.69, 9.17) is 0 Å². The van der Waals surface area contributed by atoms with Gasteiger partial charge in [0.05, 0.1) is 5.56 Å². The molecule has 1 fully saturated rings. The fraction of sp³-hybridized carbons (Fsp3) is 0.303. The lowest BCUT2D eigenvalue weighted by Gasteiger charge is -2.37. The summed E-state index contributed by atoms with van der Waals surface area (Å²) in [6, 6.07) is 22.5. The molecule has 1 atom stereocenters. The molecular weight excluding hydrogens is 551 g/mol. The minimum atomic E-state index is -5.02. The van der Waals surface area contributed by atoms with Crippen molar-refractivity contribution in [3.8, 4) is 0 Å². The fourth-order valence-corrected chi connectivity index (χ4v) is 6.96. The average molecular weight is 587 g/mol. The number of likely N-dealkylation sites (tertiary alicyclic amines) is 1. The van der Waals surface area contributed by atoms with Gasteiger partial charge in [-0.05, 0) is 52.1 Å². The van der Waals surface area contributed by atoms with Crippen LogP contribution in [0.2, 0.25) is 0 Å². The van der Waals surface area contributed by atoms with Crippen molar-refractivity contribution in [2.45, 2.75) is 38.4 Å². The maximum absolute atomic E-state index is 14.3.